The Morgan fingerprint density at radius 2 is 0.742 bits per heavy atom. The van der Waals surface area contributed by atoms with Crippen LogP contribution in [0.5, 0.6) is 0 Å². The first-order chi connectivity index (χ1) is 29.0. The fourth-order valence-corrected chi connectivity index (χ4v) is 5.40. The van der Waals surface area contributed by atoms with Gasteiger partial charge in [-0.15, -0.1) is 0 Å². The van der Waals surface area contributed by atoms with E-state index in [2.05, 4.69) is 29.9 Å². The average Bonchev–Trinajstić information content (AvgIpc) is 3.20. The number of hydrogen-bond donors (Lipinski definition) is 2. The van der Waals surface area contributed by atoms with Crippen LogP contribution < -0.4 is 5.46 Å². The van der Waals surface area contributed by atoms with Gasteiger partial charge in [0.2, 0.25) is 10.6 Å². The normalized spacial score (nSPS) is 11.5. The van der Waals surface area contributed by atoms with Gasteiger partial charge in [-0.1, -0.05) is 60.7 Å². The lowest BCUT2D eigenvalue weighted by Gasteiger charge is -2.13. The van der Waals surface area contributed by atoms with Crippen molar-refractivity contribution in [3.05, 3.63) is 160 Å². The van der Waals surface area contributed by atoms with Gasteiger partial charge in [0.05, 0.1) is 27.8 Å². The molecule has 0 unspecified atom stereocenters. The molecule has 0 aliphatic heterocycles. The van der Waals surface area contributed by atoms with E-state index in [0.717, 1.165) is 5.56 Å². The summed E-state index contributed by atoms with van der Waals surface area (Å²) in [7, 11) is -2.25. The summed E-state index contributed by atoms with van der Waals surface area (Å²) in [4.78, 5) is 23.4. The fraction of sp³-hybridized carbons (Fsp3) is 0.0769. The first kappa shape index (κ1) is 46.9. The first-order valence-electron chi connectivity index (χ1n) is 16.9. The minimum absolute atomic E-state index is 0.101. The predicted molar refractivity (Wildman–Crippen MR) is 203 cm³/mol. The zero-order valence-corrected chi connectivity index (χ0v) is 31.9. The monoisotopic (exact) mass is 914 g/mol. The Balaban J connectivity index is 0.000000212. The minimum Gasteiger partial charge on any atom is -0.423 e. The third kappa shape index (κ3) is 12.2. The van der Waals surface area contributed by atoms with Gasteiger partial charge in [0, 0.05) is 16.6 Å². The second kappa shape index (κ2) is 19.3. The maximum absolute atomic E-state index is 14.5. The molecule has 7 rings (SSSR count). The van der Waals surface area contributed by atoms with Crippen molar-refractivity contribution in [1.82, 2.24) is 29.9 Å². The average molecular weight is 915 g/mol. The van der Waals surface area contributed by atoms with E-state index in [1.807, 2.05) is 30.3 Å². The molecule has 5 aromatic carbocycles. The molecule has 0 atom stereocenters. The van der Waals surface area contributed by atoms with Gasteiger partial charge in [-0.2, -0.15) is 54.5 Å². The number of alkyl halides is 9. The standard InChI is InChI=1S/C23H11F8N3.C9H5Cl2N3.C7H5BF4O2/c24-17-8-6-13(22(26,27)28)10-15(17)20-32-19(12-4-2-1-3-5-12)33-21(34-20)16-11-14(23(29,30)31)7-9-18(16)25;10-8-12-7(13-9(11)14-8)6-4-2-1-3-5-6;9-6-2-1-4(7(10,11)12)3-5(6)8(13)14/h1-11H;1-5H;1-3,13-14H. The summed E-state index contributed by atoms with van der Waals surface area (Å²) >= 11 is 11.3. The van der Waals surface area contributed by atoms with E-state index in [1.54, 1.807) is 18.2 Å². The van der Waals surface area contributed by atoms with Gasteiger partial charge >= 0.3 is 25.6 Å². The van der Waals surface area contributed by atoms with Crippen LogP contribution in [0.2, 0.25) is 10.6 Å². The largest absolute Gasteiger partial charge is 0.491 e. The molecule has 0 aliphatic rings. The first-order valence-corrected chi connectivity index (χ1v) is 17.7. The van der Waals surface area contributed by atoms with Gasteiger partial charge < -0.3 is 10.0 Å². The molecular weight excluding hydrogens is 894 g/mol. The number of hydrogen-bond acceptors (Lipinski definition) is 8. The van der Waals surface area contributed by atoms with Crippen LogP contribution in [0.4, 0.5) is 52.7 Å². The second-order valence-corrected chi connectivity index (χ2v) is 12.9. The predicted octanol–water partition coefficient (Wildman–Crippen LogP) is 10.6. The van der Waals surface area contributed by atoms with Crippen molar-refractivity contribution >= 4 is 35.8 Å². The van der Waals surface area contributed by atoms with E-state index in [-0.39, 0.29) is 16.4 Å². The Labute approximate surface area is 351 Å². The molecule has 7 aromatic rings. The third-order valence-electron chi connectivity index (χ3n) is 7.95. The molecule has 320 valence electrons. The van der Waals surface area contributed by atoms with Crippen molar-refractivity contribution in [2.24, 2.45) is 0 Å². The van der Waals surface area contributed by atoms with Gasteiger partial charge in [-0.05, 0) is 77.8 Å². The van der Waals surface area contributed by atoms with Gasteiger partial charge in [0.1, 0.15) is 17.5 Å². The molecule has 23 heteroatoms. The lowest BCUT2D eigenvalue weighted by molar-refractivity contribution is -0.138. The van der Waals surface area contributed by atoms with E-state index in [9.17, 15) is 52.7 Å². The van der Waals surface area contributed by atoms with Crippen molar-refractivity contribution in [3.8, 4) is 45.6 Å². The molecule has 0 amide bonds. The highest BCUT2D eigenvalue weighted by molar-refractivity contribution is 6.58. The summed E-state index contributed by atoms with van der Waals surface area (Å²) in [6.07, 6.45) is -14.3. The van der Waals surface area contributed by atoms with Crippen LogP contribution in [0.25, 0.3) is 45.6 Å². The zero-order valence-electron chi connectivity index (χ0n) is 30.4. The molecule has 0 saturated carbocycles. The van der Waals surface area contributed by atoms with E-state index in [4.69, 9.17) is 33.2 Å². The lowest BCUT2D eigenvalue weighted by atomic mass is 9.79. The van der Waals surface area contributed by atoms with Crippen LogP contribution >= 0.6 is 23.2 Å². The Bertz CT molecular complexity index is 2560. The molecule has 2 N–H and O–H groups in total. The highest BCUT2D eigenvalue weighted by atomic mass is 35.5. The van der Waals surface area contributed by atoms with Crippen LogP contribution in [0.15, 0.2) is 115 Å². The number of halogens is 14. The van der Waals surface area contributed by atoms with Gasteiger partial charge in [0.25, 0.3) is 0 Å². The molecule has 2 heterocycles. The van der Waals surface area contributed by atoms with Crippen LogP contribution in [0, 0.1) is 17.5 Å². The van der Waals surface area contributed by atoms with E-state index < -0.39 is 88.0 Å². The lowest BCUT2D eigenvalue weighted by Crippen LogP contribution is -2.33. The molecule has 62 heavy (non-hydrogen) atoms. The van der Waals surface area contributed by atoms with E-state index in [1.165, 1.54) is 12.1 Å². The molecule has 8 nitrogen and oxygen atoms in total. The van der Waals surface area contributed by atoms with E-state index >= 15 is 0 Å². The Kier molecular flexibility index (Phi) is 14.6. The smallest absolute Gasteiger partial charge is 0.423 e. The molecule has 0 bridgehead atoms. The molecule has 2 aromatic heterocycles. The topological polar surface area (TPSA) is 118 Å². The summed E-state index contributed by atoms with van der Waals surface area (Å²) < 4.78 is 157. The van der Waals surface area contributed by atoms with Gasteiger partial charge in [-0.3, -0.25) is 0 Å². The fourth-order valence-electron chi connectivity index (χ4n) is 5.04. The number of benzene rings is 5. The maximum atomic E-state index is 14.5. The highest BCUT2D eigenvalue weighted by Crippen LogP contribution is 2.36. The summed E-state index contributed by atoms with van der Waals surface area (Å²) in [5.41, 5.74) is -4.51. The number of nitrogens with zero attached hydrogens (tertiary/aromatic N) is 6. The molecule has 0 fully saturated rings. The molecule has 0 radical (unpaired) electrons. The Morgan fingerprint density at radius 3 is 1.11 bits per heavy atom. The quantitative estimate of drug-likeness (QED) is 0.130. The number of aromatic nitrogens is 6. The van der Waals surface area contributed by atoms with Gasteiger partial charge in [-0.25, -0.2) is 28.1 Å². The van der Waals surface area contributed by atoms with Crippen molar-refractivity contribution in [3.63, 3.8) is 0 Å². The zero-order chi connectivity index (χ0) is 45.6. The maximum Gasteiger partial charge on any atom is 0.491 e. The Hall–Kier alpha value is -6.16. The Morgan fingerprint density at radius 1 is 0.403 bits per heavy atom. The minimum atomic E-state index is -4.81. The van der Waals surface area contributed by atoms with Crippen molar-refractivity contribution < 1.29 is 62.7 Å². The van der Waals surface area contributed by atoms with Crippen LogP contribution in [0.1, 0.15) is 16.7 Å². The summed E-state index contributed by atoms with van der Waals surface area (Å²) in [6, 6.07) is 21.8. The number of rotatable bonds is 5. The van der Waals surface area contributed by atoms with Crippen molar-refractivity contribution in [1.29, 1.82) is 0 Å². The molecule has 0 saturated heterocycles. The SMILES string of the molecule is Clc1nc(Cl)nc(-c2ccccc2)n1.Fc1ccc(C(F)(F)F)cc1-c1nc(-c2ccccc2)nc(-c2cc(C(F)(F)F)ccc2F)n1.OB(O)c1cc(C(F)(F)F)ccc1F. The van der Waals surface area contributed by atoms with Crippen molar-refractivity contribution in [2.75, 3.05) is 0 Å². The summed E-state index contributed by atoms with van der Waals surface area (Å²) in [6.45, 7) is 0. The highest BCUT2D eigenvalue weighted by Gasteiger charge is 2.34. The summed E-state index contributed by atoms with van der Waals surface area (Å²) in [5.74, 6) is -4.26. The molecular formula is C39H21BCl2F12N6O2. The molecule has 0 spiro atoms. The summed E-state index contributed by atoms with van der Waals surface area (Å²) in [5, 5.41) is 17.3. The second-order valence-electron chi connectivity index (χ2n) is 12.2. The van der Waals surface area contributed by atoms with E-state index in [0.29, 0.717) is 66.0 Å². The van der Waals surface area contributed by atoms with Gasteiger partial charge in [0.15, 0.2) is 23.3 Å². The van der Waals surface area contributed by atoms with Crippen LogP contribution in [0.3, 0.4) is 0 Å². The van der Waals surface area contributed by atoms with Crippen LogP contribution in [-0.4, -0.2) is 47.1 Å². The molecule has 0 aliphatic carbocycles. The third-order valence-corrected chi connectivity index (χ3v) is 8.29. The van der Waals surface area contributed by atoms with Crippen LogP contribution in [-0.2, 0) is 18.5 Å². The van der Waals surface area contributed by atoms with Crippen molar-refractivity contribution in [2.45, 2.75) is 18.5 Å².